The summed E-state index contributed by atoms with van der Waals surface area (Å²) >= 11 is 1.52. The lowest BCUT2D eigenvalue weighted by atomic mass is 10.0. The van der Waals surface area contributed by atoms with Gasteiger partial charge in [0, 0.05) is 17.0 Å². The monoisotopic (exact) mass is 478 g/mol. The fourth-order valence-electron chi connectivity index (χ4n) is 4.45. The quantitative estimate of drug-likeness (QED) is 0.462. The van der Waals surface area contributed by atoms with Crippen LogP contribution in [-0.4, -0.2) is 32.1 Å². The van der Waals surface area contributed by atoms with Gasteiger partial charge in [-0.25, -0.2) is 0 Å². The van der Waals surface area contributed by atoms with Crippen molar-refractivity contribution in [2.45, 2.75) is 44.2 Å². The third-order valence-electron chi connectivity index (χ3n) is 6.14. The van der Waals surface area contributed by atoms with E-state index in [0.29, 0.717) is 17.2 Å². The second kappa shape index (κ2) is 11.2. The number of hydrogen-bond donors (Lipinski definition) is 1. The van der Waals surface area contributed by atoms with Crippen LogP contribution in [0.5, 0.6) is 11.5 Å². The number of carbonyl (C=O) groups excluding carboxylic acids is 2. The van der Waals surface area contributed by atoms with Crippen LogP contribution < -0.4 is 19.7 Å². The van der Waals surface area contributed by atoms with Crippen molar-refractivity contribution in [3.8, 4) is 11.5 Å². The molecule has 0 saturated heterocycles. The number of amides is 2. The Morgan fingerprint density at radius 1 is 1.03 bits per heavy atom. The minimum Gasteiger partial charge on any atom is -0.497 e. The molecule has 2 aromatic carbocycles. The van der Waals surface area contributed by atoms with Gasteiger partial charge >= 0.3 is 0 Å². The Morgan fingerprint density at radius 3 is 2.44 bits per heavy atom. The van der Waals surface area contributed by atoms with Crippen molar-refractivity contribution in [2.75, 3.05) is 19.1 Å². The van der Waals surface area contributed by atoms with E-state index in [0.717, 1.165) is 36.1 Å². The summed E-state index contributed by atoms with van der Waals surface area (Å²) in [5.74, 6) is 0.689. The Hall–Kier alpha value is -3.32. The summed E-state index contributed by atoms with van der Waals surface area (Å²) in [6.45, 7) is 0. The van der Waals surface area contributed by atoms with Crippen molar-refractivity contribution in [3.05, 3.63) is 76.5 Å². The molecule has 4 rings (SSSR count). The van der Waals surface area contributed by atoms with Crippen molar-refractivity contribution in [1.82, 2.24) is 5.32 Å². The van der Waals surface area contributed by atoms with Gasteiger partial charge in [-0.1, -0.05) is 49.2 Å². The Kier molecular flexibility index (Phi) is 7.85. The molecule has 1 saturated carbocycles. The Bertz CT molecular complexity index is 1100. The van der Waals surface area contributed by atoms with E-state index in [-0.39, 0.29) is 24.3 Å². The van der Waals surface area contributed by atoms with E-state index in [1.807, 2.05) is 47.8 Å². The van der Waals surface area contributed by atoms with Crippen LogP contribution in [0.2, 0.25) is 0 Å². The molecule has 1 N–H and O–H groups in total. The molecule has 3 aromatic rings. The first-order chi connectivity index (χ1) is 16.6. The van der Waals surface area contributed by atoms with Gasteiger partial charge in [0.2, 0.25) is 11.8 Å². The highest BCUT2D eigenvalue weighted by atomic mass is 32.1. The number of nitrogens with one attached hydrogen (secondary N) is 1. The fourth-order valence-corrected chi connectivity index (χ4v) is 5.15. The summed E-state index contributed by atoms with van der Waals surface area (Å²) in [4.78, 5) is 30.2. The Morgan fingerprint density at radius 2 is 1.79 bits per heavy atom. The average Bonchev–Trinajstić information content (AvgIpc) is 3.57. The van der Waals surface area contributed by atoms with Crippen molar-refractivity contribution in [2.24, 2.45) is 0 Å². The maximum Gasteiger partial charge on any atom is 0.248 e. The van der Waals surface area contributed by atoms with Gasteiger partial charge in [0.15, 0.2) is 0 Å². The van der Waals surface area contributed by atoms with Crippen LogP contribution in [0.4, 0.5) is 5.69 Å². The molecule has 2 amide bonds. The number of ether oxygens (including phenoxy) is 2. The van der Waals surface area contributed by atoms with E-state index in [1.165, 1.54) is 11.3 Å². The van der Waals surface area contributed by atoms with Gasteiger partial charge in [0.1, 0.15) is 17.5 Å². The molecule has 1 fully saturated rings. The Balaban J connectivity index is 1.82. The van der Waals surface area contributed by atoms with Gasteiger partial charge in [-0.2, -0.15) is 0 Å². The summed E-state index contributed by atoms with van der Waals surface area (Å²) in [6, 6.07) is 17.9. The lowest BCUT2D eigenvalue weighted by Gasteiger charge is -2.33. The fraction of sp³-hybridized carbons (Fsp3) is 0.333. The summed E-state index contributed by atoms with van der Waals surface area (Å²) in [5, 5.41) is 5.15. The first-order valence-corrected chi connectivity index (χ1v) is 12.4. The molecular weight excluding hydrogens is 448 g/mol. The zero-order valence-electron chi connectivity index (χ0n) is 19.5. The third-order valence-corrected chi connectivity index (χ3v) is 7.02. The second-order valence-corrected chi connectivity index (χ2v) is 9.39. The van der Waals surface area contributed by atoms with Crippen LogP contribution in [0.3, 0.4) is 0 Å². The molecule has 1 aliphatic carbocycles. The second-order valence-electron chi connectivity index (χ2n) is 8.36. The van der Waals surface area contributed by atoms with E-state index in [4.69, 9.17) is 9.47 Å². The predicted molar refractivity (Wildman–Crippen MR) is 135 cm³/mol. The number of methoxy groups -OCH3 is 2. The first kappa shape index (κ1) is 23.8. The smallest absolute Gasteiger partial charge is 0.248 e. The molecule has 6 nitrogen and oxygen atoms in total. The number of hydrogen-bond acceptors (Lipinski definition) is 5. The molecule has 1 aliphatic rings. The lowest BCUT2D eigenvalue weighted by molar-refractivity contribution is -0.127. The molecule has 0 spiro atoms. The van der Waals surface area contributed by atoms with Crippen LogP contribution in [0.15, 0.2) is 66.0 Å². The van der Waals surface area contributed by atoms with Crippen LogP contribution >= 0.6 is 11.3 Å². The standard InChI is InChI=1S/C27H30N2O4S/c1-32-21-14-15-24(33-2)23(17-21)29(25(30)18-22-13-8-16-34-22)26(19-9-4-3-5-10-19)27(31)28-20-11-6-7-12-20/h3-5,8-10,13-17,20,26H,6-7,11-12,18H2,1-2H3,(H,28,31). The molecule has 1 atom stereocenters. The number of anilines is 1. The van der Waals surface area contributed by atoms with Crippen molar-refractivity contribution < 1.29 is 19.1 Å². The molecule has 0 bridgehead atoms. The molecule has 0 aliphatic heterocycles. The zero-order chi connectivity index (χ0) is 23.9. The summed E-state index contributed by atoms with van der Waals surface area (Å²) in [5.41, 5.74) is 1.24. The SMILES string of the molecule is COc1ccc(OC)c(N(C(=O)Cc2cccs2)C(C(=O)NC2CCCC2)c2ccccc2)c1. The van der Waals surface area contributed by atoms with Gasteiger partial charge in [-0.15, -0.1) is 11.3 Å². The van der Waals surface area contributed by atoms with Crippen molar-refractivity contribution >= 4 is 28.8 Å². The van der Waals surface area contributed by atoms with Gasteiger partial charge < -0.3 is 14.8 Å². The topological polar surface area (TPSA) is 67.9 Å². The Labute approximate surface area is 204 Å². The normalized spacial score (nSPS) is 14.4. The van der Waals surface area contributed by atoms with Gasteiger partial charge in [0.25, 0.3) is 0 Å². The van der Waals surface area contributed by atoms with E-state index >= 15 is 0 Å². The molecule has 178 valence electrons. The number of thiophene rings is 1. The van der Waals surface area contributed by atoms with Crippen molar-refractivity contribution in [1.29, 1.82) is 0 Å². The van der Waals surface area contributed by atoms with E-state index < -0.39 is 6.04 Å². The highest BCUT2D eigenvalue weighted by molar-refractivity contribution is 7.10. The largest absolute Gasteiger partial charge is 0.497 e. The maximum absolute atomic E-state index is 13.9. The number of rotatable bonds is 9. The number of nitrogens with zero attached hydrogens (tertiary/aromatic N) is 1. The predicted octanol–water partition coefficient (Wildman–Crippen LogP) is 5.14. The molecule has 1 aromatic heterocycles. The molecule has 34 heavy (non-hydrogen) atoms. The van der Waals surface area contributed by atoms with Crippen molar-refractivity contribution in [3.63, 3.8) is 0 Å². The van der Waals surface area contributed by atoms with Crippen LogP contribution in [0, 0.1) is 0 Å². The minimum atomic E-state index is -0.852. The molecule has 1 unspecified atom stereocenters. The van der Waals surface area contributed by atoms with E-state index in [9.17, 15) is 9.59 Å². The zero-order valence-corrected chi connectivity index (χ0v) is 20.3. The average molecular weight is 479 g/mol. The molecular formula is C27H30N2O4S. The molecule has 7 heteroatoms. The third kappa shape index (κ3) is 5.42. The number of carbonyl (C=O) groups is 2. The summed E-state index contributed by atoms with van der Waals surface area (Å²) < 4.78 is 11.1. The van der Waals surface area contributed by atoms with Gasteiger partial charge in [0.05, 0.1) is 26.3 Å². The van der Waals surface area contributed by atoms with Gasteiger partial charge in [-0.3, -0.25) is 14.5 Å². The highest BCUT2D eigenvalue weighted by Crippen LogP contribution is 2.38. The minimum absolute atomic E-state index is 0.125. The van der Waals surface area contributed by atoms with Crippen LogP contribution in [0.25, 0.3) is 0 Å². The highest BCUT2D eigenvalue weighted by Gasteiger charge is 2.36. The van der Waals surface area contributed by atoms with E-state index in [1.54, 1.807) is 37.3 Å². The number of benzene rings is 2. The summed E-state index contributed by atoms with van der Waals surface area (Å²) in [7, 11) is 3.13. The van der Waals surface area contributed by atoms with Gasteiger partial charge in [-0.05, 0) is 42.0 Å². The summed E-state index contributed by atoms with van der Waals surface area (Å²) in [6.07, 6.45) is 4.30. The molecule has 0 radical (unpaired) electrons. The first-order valence-electron chi connectivity index (χ1n) is 11.5. The van der Waals surface area contributed by atoms with E-state index in [2.05, 4.69) is 5.32 Å². The maximum atomic E-state index is 13.9. The lowest BCUT2D eigenvalue weighted by Crippen LogP contribution is -2.47. The van der Waals surface area contributed by atoms with Crippen LogP contribution in [-0.2, 0) is 16.0 Å². The molecule has 1 heterocycles. The van der Waals surface area contributed by atoms with Crippen LogP contribution in [0.1, 0.15) is 42.2 Å².